The molecule has 0 unspecified atom stereocenters. The first-order chi connectivity index (χ1) is 20.3. The fourth-order valence-electron chi connectivity index (χ4n) is 6.15. The van der Waals surface area contributed by atoms with Crippen LogP contribution < -0.4 is 0 Å². The van der Waals surface area contributed by atoms with Crippen LogP contribution >= 0.6 is 0 Å². The number of rotatable bonds is 4. The molecule has 0 fully saturated rings. The van der Waals surface area contributed by atoms with Crippen LogP contribution in [0.4, 0.5) is 4.39 Å². The Labute approximate surface area is 244 Å². The van der Waals surface area contributed by atoms with Gasteiger partial charge >= 0.3 is 0 Å². The second kappa shape index (κ2) is 13.3. The lowest BCUT2D eigenvalue weighted by molar-refractivity contribution is 0.636. The molecule has 0 aliphatic rings. The van der Waals surface area contributed by atoms with Crippen molar-refractivity contribution in [3.05, 3.63) is 96.9 Å². The second-order valence-corrected chi connectivity index (χ2v) is 8.61. The fraction of sp³-hybridized carbons (Fsp3) is 0.211. The lowest BCUT2D eigenvalue weighted by Gasteiger charge is -2.04. The molecule has 0 aliphatic heterocycles. The predicted molar refractivity (Wildman–Crippen MR) is 187 cm³/mol. The summed E-state index contributed by atoms with van der Waals surface area (Å²) in [6, 6.07) is 17.4. The molecule has 0 amide bonds. The number of aromatic nitrogens is 2. The van der Waals surface area contributed by atoms with Gasteiger partial charge in [-0.3, -0.25) is 4.39 Å². The van der Waals surface area contributed by atoms with Crippen molar-refractivity contribution in [2.24, 2.45) is 0 Å². The van der Waals surface area contributed by atoms with Gasteiger partial charge in [0.15, 0.2) is 0 Å². The number of halogens is 1. The number of alkyl halides is 1. The molecule has 4 heterocycles. The minimum absolute atomic E-state index is 0.500. The van der Waals surface area contributed by atoms with Crippen LogP contribution in [0.25, 0.3) is 78.7 Å². The molecule has 0 aliphatic carbocycles. The minimum Gasteiger partial charge on any atom is -0.308 e. The van der Waals surface area contributed by atoms with Crippen molar-refractivity contribution >= 4 is 78.7 Å². The van der Waals surface area contributed by atoms with E-state index in [0.29, 0.717) is 7.18 Å². The number of hydrogen-bond donors (Lipinski definition) is 0. The molecule has 0 saturated heterocycles. The molecule has 0 spiro atoms. The summed E-state index contributed by atoms with van der Waals surface area (Å²) < 4.78 is 14.3. The first-order valence-corrected chi connectivity index (χ1v) is 14.7. The Morgan fingerprint density at radius 1 is 0.561 bits per heavy atom. The zero-order valence-electron chi connectivity index (χ0n) is 25.9. The minimum atomic E-state index is 0.500. The zero-order chi connectivity index (χ0) is 30.4. The summed E-state index contributed by atoms with van der Waals surface area (Å²) in [4.78, 5) is 0. The Kier molecular flexibility index (Phi) is 10.1. The van der Waals surface area contributed by atoms with Gasteiger partial charge in [-0.1, -0.05) is 116 Å². The van der Waals surface area contributed by atoms with Gasteiger partial charge in [-0.15, -0.1) is 0 Å². The van der Waals surface area contributed by atoms with Crippen molar-refractivity contribution in [3.8, 4) is 0 Å². The van der Waals surface area contributed by atoms with Crippen molar-refractivity contribution in [2.75, 3.05) is 7.18 Å². The van der Waals surface area contributed by atoms with Crippen LogP contribution in [0, 0.1) is 0 Å². The van der Waals surface area contributed by atoms with E-state index in [-0.39, 0.29) is 0 Å². The van der Waals surface area contributed by atoms with Gasteiger partial charge in [-0.25, -0.2) is 0 Å². The number of nitrogens with zero attached hydrogens (tertiary/aromatic N) is 2. The van der Waals surface area contributed by atoms with Crippen LogP contribution in [0.1, 0.15) is 71.0 Å². The van der Waals surface area contributed by atoms with Crippen LogP contribution in [0.15, 0.2) is 74.3 Å². The molecule has 41 heavy (non-hydrogen) atoms. The fourth-order valence-corrected chi connectivity index (χ4v) is 6.15. The lowest BCUT2D eigenvalue weighted by atomic mass is 9.96. The van der Waals surface area contributed by atoms with E-state index >= 15 is 0 Å². The van der Waals surface area contributed by atoms with E-state index in [1.165, 1.54) is 65.6 Å². The number of benzene rings is 3. The van der Waals surface area contributed by atoms with Gasteiger partial charge in [-0.2, -0.15) is 0 Å². The van der Waals surface area contributed by atoms with Crippen molar-refractivity contribution < 1.29 is 4.39 Å². The van der Waals surface area contributed by atoms with Crippen molar-refractivity contribution in [1.82, 2.24) is 8.80 Å². The summed E-state index contributed by atoms with van der Waals surface area (Å²) in [6.45, 7) is 26.7. The molecule has 0 radical (unpaired) electrons. The first-order valence-electron chi connectivity index (χ1n) is 14.7. The second-order valence-electron chi connectivity index (χ2n) is 8.61. The average Bonchev–Trinajstić information content (AvgIpc) is 3.77. The monoisotopic (exact) mass is 546 g/mol. The highest BCUT2D eigenvalue weighted by Gasteiger charge is 2.29. The third-order valence-corrected chi connectivity index (χ3v) is 7.22. The molecule has 0 saturated carbocycles. The van der Waals surface area contributed by atoms with Crippen molar-refractivity contribution in [1.29, 1.82) is 0 Å². The van der Waals surface area contributed by atoms with E-state index in [4.69, 9.17) is 0 Å². The molecule has 212 valence electrons. The maximum absolute atomic E-state index is 9.50. The van der Waals surface area contributed by atoms with Crippen LogP contribution in [0.5, 0.6) is 0 Å². The van der Waals surface area contributed by atoms with Gasteiger partial charge in [0.05, 0.1) is 40.6 Å². The summed E-state index contributed by atoms with van der Waals surface area (Å²) in [5.74, 6) is 0. The standard InChI is InChI=1S/C31H22N2.3C2H6.CH3F/c1-5-13-23-19(7-3)27-29-20-14-9-11-16-24(20)32-22(8-4)18(6-2)26(30(29)32)28-21-15-10-12-17-25(21)33(23)31(27)28;4*1-2/h5-17H,2-4H2,1H3;3*1-2H3;1H3/b13-5-;;;;. The Bertz CT molecular complexity index is 1980. The number of para-hydroxylation sites is 2. The van der Waals surface area contributed by atoms with E-state index in [1.54, 1.807) is 0 Å². The summed E-state index contributed by atoms with van der Waals surface area (Å²) in [7, 11) is 0.500. The third kappa shape index (κ3) is 4.14. The first kappa shape index (κ1) is 31.2. The van der Waals surface area contributed by atoms with Gasteiger partial charge < -0.3 is 8.80 Å². The largest absolute Gasteiger partial charge is 0.308 e. The molecule has 4 aromatic heterocycles. The molecule has 0 atom stereocenters. The van der Waals surface area contributed by atoms with Crippen LogP contribution in [-0.4, -0.2) is 16.0 Å². The number of allylic oxidation sites excluding steroid dienone is 1. The molecule has 0 N–H and O–H groups in total. The normalized spacial score (nSPS) is 10.8. The maximum atomic E-state index is 9.50. The molecular weight excluding hydrogens is 503 g/mol. The molecule has 3 aromatic carbocycles. The molecule has 7 rings (SSSR count). The molecule has 2 nitrogen and oxygen atoms in total. The Hall–Kier alpha value is -4.37. The van der Waals surface area contributed by atoms with Crippen LogP contribution in [-0.2, 0) is 0 Å². The van der Waals surface area contributed by atoms with Gasteiger partial charge in [0.1, 0.15) is 0 Å². The average molecular weight is 547 g/mol. The molecule has 7 aromatic rings. The molecular formula is C38H43FN2. The van der Waals surface area contributed by atoms with Gasteiger partial charge in [0, 0.05) is 43.4 Å². The summed E-state index contributed by atoms with van der Waals surface area (Å²) in [6.07, 6.45) is 10.3. The predicted octanol–water partition coefficient (Wildman–Crippen LogP) is 12.3. The lowest BCUT2D eigenvalue weighted by Crippen LogP contribution is -1.85. The molecule has 0 bridgehead atoms. The highest BCUT2D eigenvalue weighted by molar-refractivity contribution is 6.39. The number of hydrogen-bond acceptors (Lipinski definition) is 0. The Balaban J connectivity index is 0.000000535. The van der Waals surface area contributed by atoms with E-state index in [1.807, 2.05) is 59.8 Å². The quantitative estimate of drug-likeness (QED) is 0.208. The highest BCUT2D eigenvalue weighted by Crippen LogP contribution is 2.51. The molecule has 3 heteroatoms. The van der Waals surface area contributed by atoms with Gasteiger partial charge in [0.2, 0.25) is 0 Å². The van der Waals surface area contributed by atoms with E-state index < -0.39 is 0 Å². The van der Waals surface area contributed by atoms with Gasteiger partial charge in [0.25, 0.3) is 0 Å². The van der Waals surface area contributed by atoms with E-state index in [2.05, 4.69) is 96.1 Å². The number of fused-ring (bicyclic) bond motifs is 8. The van der Waals surface area contributed by atoms with Gasteiger partial charge in [-0.05, 0) is 31.2 Å². The van der Waals surface area contributed by atoms with Crippen molar-refractivity contribution in [3.63, 3.8) is 0 Å². The Morgan fingerprint density at radius 3 is 1.34 bits per heavy atom. The van der Waals surface area contributed by atoms with Crippen molar-refractivity contribution in [2.45, 2.75) is 48.5 Å². The van der Waals surface area contributed by atoms with Crippen LogP contribution in [0.2, 0.25) is 0 Å². The smallest absolute Gasteiger partial charge is 0.0785 e. The summed E-state index contributed by atoms with van der Waals surface area (Å²) in [5.41, 5.74) is 9.52. The maximum Gasteiger partial charge on any atom is 0.0785 e. The highest BCUT2D eigenvalue weighted by atomic mass is 19.1. The Morgan fingerprint density at radius 2 is 0.951 bits per heavy atom. The van der Waals surface area contributed by atoms with E-state index in [0.717, 1.165) is 11.3 Å². The topological polar surface area (TPSA) is 8.82 Å². The summed E-state index contributed by atoms with van der Waals surface area (Å²) >= 11 is 0. The van der Waals surface area contributed by atoms with Crippen LogP contribution in [0.3, 0.4) is 0 Å². The SMILES string of the molecule is C=Cc1c(C=C)n2c3ccccc3c3c4c(C=C)c(/C=C\C)n5c6ccccc6c(c1c32)c45.CC.CC.CC.CF. The van der Waals surface area contributed by atoms with E-state index in [9.17, 15) is 4.39 Å². The summed E-state index contributed by atoms with van der Waals surface area (Å²) in [5, 5.41) is 7.60. The third-order valence-electron chi connectivity index (χ3n) is 7.22. The zero-order valence-corrected chi connectivity index (χ0v) is 25.9.